The monoisotopic (exact) mass is 818 g/mol. The lowest BCUT2D eigenvalue weighted by atomic mass is 10.1. The Labute approximate surface area is 344 Å². The maximum Gasteiger partial charge on any atom is 0.421 e. The average molecular weight is 819 g/mol. The summed E-state index contributed by atoms with van der Waals surface area (Å²) >= 11 is 0. The average Bonchev–Trinajstić information content (AvgIpc) is 3.71. The largest absolute Gasteiger partial charge is 0.493 e. The Bertz CT molecular complexity index is 2070. The Balaban J connectivity index is 1.15. The van der Waals surface area contributed by atoms with Crippen LogP contribution in [-0.4, -0.2) is 115 Å². The molecule has 0 aliphatic carbocycles. The highest BCUT2D eigenvalue weighted by Crippen LogP contribution is 2.43. The normalized spacial score (nSPS) is 20.4. The summed E-state index contributed by atoms with van der Waals surface area (Å²) in [5.41, 5.74) is 0.0863. The molecule has 318 valence electrons. The number of ether oxygens (including phenoxy) is 6. The van der Waals surface area contributed by atoms with Gasteiger partial charge in [0.2, 0.25) is 0 Å². The first-order valence-electron chi connectivity index (χ1n) is 19.6. The van der Waals surface area contributed by atoms with Crippen molar-refractivity contribution in [2.24, 2.45) is 0 Å². The molecule has 6 rings (SSSR count). The number of rotatable bonds is 10. The predicted molar refractivity (Wildman–Crippen MR) is 216 cm³/mol. The molecule has 0 saturated carbocycles. The van der Waals surface area contributed by atoms with Crippen LogP contribution >= 0.6 is 0 Å². The topological polar surface area (TPSA) is 174 Å². The van der Waals surface area contributed by atoms with Gasteiger partial charge in [-0.3, -0.25) is 14.4 Å². The smallest absolute Gasteiger partial charge is 0.421 e. The molecule has 2 saturated heterocycles. The first kappa shape index (κ1) is 42.8. The number of hydrogen-bond donors (Lipinski definition) is 1. The quantitative estimate of drug-likeness (QED) is 0.212. The lowest BCUT2D eigenvalue weighted by Gasteiger charge is -2.33. The number of anilines is 2. The molecule has 0 bridgehead atoms. The van der Waals surface area contributed by atoms with Gasteiger partial charge in [-0.1, -0.05) is 24.3 Å². The minimum atomic E-state index is -1.41. The van der Waals surface area contributed by atoms with Crippen molar-refractivity contribution in [3.05, 3.63) is 59.7 Å². The summed E-state index contributed by atoms with van der Waals surface area (Å²) in [6.07, 6.45) is -0.816. The Kier molecular flexibility index (Phi) is 12.0. The lowest BCUT2D eigenvalue weighted by Crippen LogP contribution is -2.51. The zero-order valence-electron chi connectivity index (χ0n) is 35.0. The van der Waals surface area contributed by atoms with Gasteiger partial charge >= 0.3 is 12.2 Å². The second-order valence-electron chi connectivity index (χ2n) is 17.1. The van der Waals surface area contributed by atoms with Gasteiger partial charge in [-0.05, 0) is 85.8 Å². The highest BCUT2D eigenvalue weighted by atomic mass is 16.6. The molecule has 2 fully saturated rings. The first-order chi connectivity index (χ1) is 27.7. The van der Waals surface area contributed by atoms with Crippen molar-refractivity contribution in [1.29, 1.82) is 0 Å². The van der Waals surface area contributed by atoms with Crippen LogP contribution in [0.3, 0.4) is 0 Å². The summed E-state index contributed by atoms with van der Waals surface area (Å²) in [6, 6.07) is 4.33. The number of fused-ring (bicyclic) bond motifs is 4. The van der Waals surface area contributed by atoms with E-state index in [0.29, 0.717) is 31.3 Å². The van der Waals surface area contributed by atoms with E-state index in [-0.39, 0.29) is 84.1 Å². The van der Waals surface area contributed by atoms with Crippen molar-refractivity contribution < 1.29 is 57.5 Å². The van der Waals surface area contributed by atoms with E-state index in [0.717, 1.165) is 15.4 Å². The third kappa shape index (κ3) is 8.82. The number of amides is 5. The molecule has 4 heterocycles. The van der Waals surface area contributed by atoms with E-state index in [9.17, 15) is 29.1 Å². The number of hydrogen-bond acceptors (Lipinski definition) is 12. The molecule has 0 radical (unpaired) electrons. The Morgan fingerprint density at radius 3 is 1.75 bits per heavy atom. The van der Waals surface area contributed by atoms with Crippen LogP contribution < -0.4 is 28.7 Å². The highest BCUT2D eigenvalue weighted by Gasteiger charge is 2.48. The molecular weight excluding hydrogens is 764 g/mol. The zero-order valence-corrected chi connectivity index (χ0v) is 35.0. The Morgan fingerprint density at radius 2 is 1.19 bits per heavy atom. The Morgan fingerprint density at radius 1 is 0.695 bits per heavy atom. The second-order valence-corrected chi connectivity index (χ2v) is 17.1. The third-order valence-electron chi connectivity index (χ3n) is 10.2. The number of unbranched alkanes of at least 4 members (excludes halogenated alkanes) is 2. The molecule has 4 aliphatic heterocycles. The molecule has 0 unspecified atom stereocenters. The number of carbonyl (C=O) groups is 5. The molecule has 16 heteroatoms. The SMILES string of the molecule is C=C1C[C@H]2C(=O)N(C(=O)OC(C)(C)C)c3cc(OCCCCCOc4cc5c(cc4OC)C(=O)N4CC(=C)C[C@H]4[C@H](O)N5C(=O)OC(C)(C)C)c(OC)cc3C(=O)N2C1. The van der Waals surface area contributed by atoms with Crippen LogP contribution in [0.2, 0.25) is 0 Å². The molecule has 5 amide bonds. The molecule has 16 nitrogen and oxygen atoms in total. The van der Waals surface area contributed by atoms with Crippen molar-refractivity contribution in [1.82, 2.24) is 9.80 Å². The molecule has 2 aromatic rings. The number of aliphatic hydroxyl groups is 1. The second kappa shape index (κ2) is 16.5. The van der Waals surface area contributed by atoms with Crippen molar-refractivity contribution >= 4 is 41.3 Å². The van der Waals surface area contributed by atoms with Gasteiger partial charge < -0.3 is 43.3 Å². The van der Waals surface area contributed by atoms with Crippen LogP contribution in [0.25, 0.3) is 0 Å². The summed E-state index contributed by atoms with van der Waals surface area (Å²) < 4.78 is 34.7. The lowest BCUT2D eigenvalue weighted by molar-refractivity contribution is -0.121. The van der Waals surface area contributed by atoms with Gasteiger partial charge in [0.05, 0.1) is 56.0 Å². The number of aliphatic hydroxyl groups excluding tert-OH is 1. The van der Waals surface area contributed by atoms with Crippen molar-refractivity contribution in [3.63, 3.8) is 0 Å². The summed E-state index contributed by atoms with van der Waals surface area (Å²) in [6.45, 7) is 19.1. The standard InChI is InChI=1S/C43H54N4O12/c1-24-16-30-38(50)46(40(52)58-42(3,4)5)28-20-34(32(54-9)18-26(28)36(48)44(30)22-24)56-14-12-11-13-15-57-35-21-29-27(19-33(35)55-10)37(49)45-23-25(2)17-31(45)39(51)47(29)41(53)59-43(6,7)8/h18-21,30-31,38,50H,1-2,11-17,22-23H2,3-10H3/t30-,31-,38-/m0/s1. The molecule has 3 atom stereocenters. The molecule has 2 aromatic carbocycles. The fourth-order valence-electron chi connectivity index (χ4n) is 7.57. The van der Waals surface area contributed by atoms with Gasteiger partial charge in [-0.2, -0.15) is 0 Å². The maximum atomic E-state index is 13.9. The van der Waals surface area contributed by atoms with E-state index < -0.39 is 53.5 Å². The zero-order chi connectivity index (χ0) is 43.1. The molecule has 1 N–H and O–H groups in total. The Hall–Kier alpha value is -5.77. The molecule has 59 heavy (non-hydrogen) atoms. The van der Waals surface area contributed by atoms with E-state index in [2.05, 4.69) is 13.2 Å². The van der Waals surface area contributed by atoms with Gasteiger partial charge in [-0.25, -0.2) is 19.4 Å². The number of benzene rings is 2. The third-order valence-corrected chi connectivity index (χ3v) is 10.2. The van der Waals surface area contributed by atoms with Gasteiger partial charge in [-0.15, -0.1) is 0 Å². The summed E-state index contributed by atoms with van der Waals surface area (Å²) in [5.74, 6) is -0.404. The fourth-order valence-corrected chi connectivity index (χ4v) is 7.57. The molecular formula is C43H54N4O12. The summed E-state index contributed by atoms with van der Waals surface area (Å²) in [5, 5.41) is 11.6. The summed E-state index contributed by atoms with van der Waals surface area (Å²) in [4.78, 5) is 73.6. The van der Waals surface area contributed by atoms with Crippen LogP contribution in [0.15, 0.2) is 48.6 Å². The van der Waals surface area contributed by atoms with E-state index in [1.165, 1.54) is 48.3 Å². The molecule has 4 aliphatic rings. The van der Waals surface area contributed by atoms with E-state index >= 15 is 0 Å². The number of carbonyl (C=O) groups excluding carboxylic acids is 5. The van der Waals surface area contributed by atoms with E-state index in [1.54, 1.807) is 41.5 Å². The molecule has 0 aromatic heterocycles. The van der Waals surface area contributed by atoms with Crippen LogP contribution in [0, 0.1) is 0 Å². The van der Waals surface area contributed by atoms with Gasteiger partial charge in [0.1, 0.15) is 17.2 Å². The minimum absolute atomic E-state index is 0.0402. The first-order valence-corrected chi connectivity index (χ1v) is 19.6. The number of methoxy groups -OCH3 is 2. The van der Waals surface area contributed by atoms with Gasteiger partial charge in [0.25, 0.3) is 17.7 Å². The van der Waals surface area contributed by atoms with Crippen molar-refractivity contribution in [2.75, 3.05) is 50.3 Å². The fraction of sp³-hybridized carbons (Fsp3) is 0.512. The minimum Gasteiger partial charge on any atom is -0.493 e. The van der Waals surface area contributed by atoms with Crippen LogP contribution in [0.1, 0.15) is 94.4 Å². The van der Waals surface area contributed by atoms with E-state index in [1.807, 2.05) is 0 Å². The van der Waals surface area contributed by atoms with Crippen LogP contribution in [0.4, 0.5) is 21.0 Å². The van der Waals surface area contributed by atoms with Crippen LogP contribution in [0.5, 0.6) is 23.0 Å². The van der Waals surface area contributed by atoms with Crippen molar-refractivity contribution in [2.45, 2.75) is 103 Å². The van der Waals surface area contributed by atoms with E-state index in [4.69, 9.17) is 28.4 Å². The number of nitrogens with zero attached hydrogens (tertiary/aromatic N) is 4. The highest BCUT2D eigenvalue weighted by molar-refractivity contribution is 6.21. The summed E-state index contributed by atoms with van der Waals surface area (Å²) in [7, 11) is 2.88. The number of imide groups is 1. The van der Waals surface area contributed by atoms with Gasteiger partial charge in [0, 0.05) is 25.2 Å². The van der Waals surface area contributed by atoms with Crippen LogP contribution in [-0.2, 0) is 14.3 Å². The van der Waals surface area contributed by atoms with Crippen molar-refractivity contribution in [3.8, 4) is 23.0 Å². The van der Waals surface area contributed by atoms with Gasteiger partial charge in [0.15, 0.2) is 29.2 Å². The predicted octanol–water partition coefficient (Wildman–Crippen LogP) is 6.23. The maximum absolute atomic E-state index is 13.9. The molecule has 0 spiro atoms.